The van der Waals surface area contributed by atoms with Crippen LogP contribution in [0.25, 0.3) is 0 Å². The van der Waals surface area contributed by atoms with Gasteiger partial charge in [-0.2, -0.15) is 0 Å². The third-order valence-electron chi connectivity index (χ3n) is 3.46. The first-order chi connectivity index (χ1) is 11.9. The fraction of sp³-hybridized carbons (Fsp3) is 0.588. The number of aliphatic imine (C=N–C) groups is 1. The van der Waals surface area contributed by atoms with Crippen LogP contribution in [-0.4, -0.2) is 54.3 Å². The minimum Gasteiger partial charge on any atom is -0.385 e. The summed E-state index contributed by atoms with van der Waals surface area (Å²) in [6, 6.07) is 5.41. The van der Waals surface area contributed by atoms with Gasteiger partial charge in [0.25, 0.3) is 0 Å². The summed E-state index contributed by atoms with van der Waals surface area (Å²) in [5, 5.41) is 6.25. The van der Waals surface area contributed by atoms with Crippen LogP contribution in [0.1, 0.15) is 24.5 Å². The lowest BCUT2D eigenvalue weighted by atomic mass is 10.2. The molecule has 3 N–H and O–H groups in total. The molecule has 0 spiro atoms. The van der Waals surface area contributed by atoms with Crippen molar-refractivity contribution in [2.24, 2.45) is 4.99 Å². The summed E-state index contributed by atoms with van der Waals surface area (Å²) in [6.07, 6.45) is 0.840. The van der Waals surface area contributed by atoms with Crippen LogP contribution in [0.5, 0.6) is 0 Å². The van der Waals surface area contributed by atoms with Crippen molar-refractivity contribution < 1.29 is 13.2 Å². The van der Waals surface area contributed by atoms with Crippen molar-refractivity contribution in [3.05, 3.63) is 29.3 Å². The highest BCUT2D eigenvalue weighted by Crippen LogP contribution is 2.16. The third kappa shape index (κ3) is 7.85. The van der Waals surface area contributed by atoms with E-state index in [1.807, 2.05) is 26.0 Å². The highest BCUT2D eigenvalue weighted by Gasteiger charge is 2.16. The molecule has 8 heteroatoms. The Kier molecular flexibility index (Phi) is 9.48. The van der Waals surface area contributed by atoms with Crippen LogP contribution in [0, 0.1) is 13.8 Å². The van der Waals surface area contributed by atoms with Gasteiger partial charge in [-0.25, -0.2) is 13.1 Å². The fourth-order valence-electron chi connectivity index (χ4n) is 2.18. The zero-order chi connectivity index (χ0) is 18.7. The van der Waals surface area contributed by atoms with Crippen molar-refractivity contribution in [2.75, 3.05) is 39.9 Å². The molecular formula is C17H30N4O3S. The van der Waals surface area contributed by atoms with E-state index < -0.39 is 10.0 Å². The maximum atomic E-state index is 12.4. The molecule has 0 aliphatic heterocycles. The van der Waals surface area contributed by atoms with E-state index in [0.29, 0.717) is 30.6 Å². The smallest absolute Gasteiger partial charge is 0.240 e. The van der Waals surface area contributed by atoms with Gasteiger partial charge in [-0.15, -0.1) is 0 Å². The van der Waals surface area contributed by atoms with E-state index in [4.69, 9.17) is 4.74 Å². The van der Waals surface area contributed by atoms with Crippen molar-refractivity contribution in [3.8, 4) is 0 Å². The molecule has 0 radical (unpaired) electrons. The molecular weight excluding hydrogens is 340 g/mol. The second-order valence-corrected chi connectivity index (χ2v) is 7.44. The van der Waals surface area contributed by atoms with E-state index in [1.54, 1.807) is 20.1 Å². The molecule has 0 unspecified atom stereocenters. The molecule has 0 aromatic heterocycles. The van der Waals surface area contributed by atoms with Gasteiger partial charge in [0.2, 0.25) is 10.0 Å². The van der Waals surface area contributed by atoms with Crippen LogP contribution in [0.4, 0.5) is 0 Å². The molecule has 1 aromatic carbocycles. The lowest BCUT2D eigenvalue weighted by molar-refractivity contribution is 0.197. The molecule has 0 saturated heterocycles. The van der Waals surface area contributed by atoms with E-state index in [9.17, 15) is 8.42 Å². The topological polar surface area (TPSA) is 91.8 Å². The van der Waals surface area contributed by atoms with Gasteiger partial charge in [0.05, 0.1) is 4.90 Å². The largest absolute Gasteiger partial charge is 0.385 e. The summed E-state index contributed by atoms with van der Waals surface area (Å²) in [6.45, 7) is 8.43. The molecule has 1 rings (SSSR count). The maximum Gasteiger partial charge on any atom is 0.240 e. The zero-order valence-corrected chi connectivity index (χ0v) is 16.4. The summed E-state index contributed by atoms with van der Waals surface area (Å²) >= 11 is 0. The van der Waals surface area contributed by atoms with Gasteiger partial charge in [0.1, 0.15) is 0 Å². The molecule has 25 heavy (non-hydrogen) atoms. The first-order valence-corrected chi connectivity index (χ1v) is 9.97. The molecule has 7 nitrogen and oxygen atoms in total. The number of hydrogen-bond acceptors (Lipinski definition) is 4. The fourth-order valence-corrected chi connectivity index (χ4v) is 3.54. The van der Waals surface area contributed by atoms with Gasteiger partial charge in [-0.1, -0.05) is 12.1 Å². The molecule has 1 aromatic rings. The molecule has 0 bridgehead atoms. The summed E-state index contributed by atoms with van der Waals surface area (Å²) in [7, 11) is -1.85. The molecule has 142 valence electrons. The Hall–Kier alpha value is -1.64. The maximum absolute atomic E-state index is 12.4. The van der Waals surface area contributed by atoms with Crippen molar-refractivity contribution >= 4 is 16.0 Å². The molecule has 0 atom stereocenters. The number of methoxy groups -OCH3 is 1. The van der Waals surface area contributed by atoms with Crippen LogP contribution in [0.3, 0.4) is 0 Å². The van der Waals surface area contributed by atoms with Gasteiger partial charge in [0, 0.05) is 39.9 Å². The predicted molar refractivity (Wildman–Crippen MR) is 102 cm³/mol. The Bertz CT molecular complexity index is 660. The summed E-state index contributed by atoms with van der Waals surface area (Å²) < 4.78 is 32.5. The number of guanidine groups is 1. The lowest BCUT2D eigenvalue weighted by Gasteiger charge is -2.13. The van der Waals surface area contributed by atoms with Crippen LogP contribution >= 0.6 is 0 Å². The number of aryl methyl sites for hydroxylation is 2. The monoisotopic (exact) mass is 370 g/mol. The van der Waals surface area contributed by atoms with Crippen LogP contribution in [0.15, 0.2) is 28.1 Å². The van der Waals surface area contributed by atoms with Crippen LogP contribution < -0.4 is 15.4 Å². The number of sulfonamides is 1. The van der Waals surface area contributed by atoms with E-state index >= 15 is 0 Å². The van der Waals surface area contributed by atoms with Gasteiger partial charge in [-0.05, 0) is 44.4 Å². The quantitative estimate of drug-likeness (QED) is 0.327. The summed E-state index contributed by atoms with van der Waals surface area (Å²) in [5.74, 6) is 0.671. The second kappa shape index (κ2) is 11.1. The Labute approximate surface area is 151 Å². The minimum absolute atomic E-state index is 0.276. The Morgan fingerprint density at radius 3 is 2.64 bits per heavy atom. The molecule has 0 aliphatic carbocycles. The number of hydrogen-bond donors (Lipinski definition) is 3. The van der Waals surface area contributed by atoms with Crippen molar-refractivity contribution in [3.63, 3.8) is 0 Å². The van der Waals surface area contributed by atoms with E-state index in [1.165, 1.54) is 0 Å². The number of nitrogens with zero attached hydrogens (tertiary/aromatic N) is 1. The third-order valence-corrected chi connectivity index (χ3v) is 5.07. The van der Waals surface area contributed by atoms with E-state index in [-0.39, 0.29) is 6.54 Å². The van der Waals surface area contributed by atoms with Gasteiger partial charge in [0.15, 0.2) is 5.96 Å². The Balaban J connectivity index is 2.52. The molecule has 0 heterocycles. The normalized spacial score (nSPS) is 12.2. The molecule has 0 saturated carbocycles. The van der Waals surface area contributed by atoms with Gasteiger partial charge >= 0.3 is 0 Å². The average Bonchev–Trinajstić information content (AvgIpc) is 2.57. The van der Waals surface area contributed by atoms with E-state index in [2.05, 4.69) is 20.3 Å². The van der Waals surface area contributed by atoms with Crippen LogP contribution in [-0.2, 0) is 14.8 Å². The molecule has 0 fully saturated rings. The summed E-state index contributed by atoms with van der Waals surface area (Å²) in [4.78, 5) is 4.73. The number of ether oxygens (including phenoxy) is 1. The standard InChI is InChI=1S/C17H30N4O3S/c1-5-18-17(19-9-6-12-24-4)20-10-11-21-25(22,23)16-13-14(2)7-8-15(16)3/h7-8,13,21H,5-6,9-12H2,1-4H3,(H2,18,19,20). The SMILES string of the molecule is CCNC(=NCCCOC)NCCNS(=O)(=O)c1cc(C)ccc1C. The van der Waals surface area contributed by atoms with Crippen molar-refractivity contribution in [2.45, 2.75) is 32.1 Å². The van der Waals surface area contributed by atoms with E-state index in [0.717, 1.165) is 24.1 Å². The Morgan fingerprint density at radius 1 is 1.20 bits per heavy atom. The highest BCUT2D eigenvalue weighted by atomic mass is 32.2. The van der Waals surface area contributed by atoms with Gasteiger partial charge < -0.3 is 15.4 Å². The zero-order valence-electron chi connectivity index (χ0n) is 15.6. The molecule has 0 aliphatic rings. The average molecular weight is 371 g/mol. The van der Waals surface area contributed by atoms with Crippen LogP contribution in [0.2, 0.25) is 0 Å². The van der Waals surface area contributed by atoms with Crippen molar-refractivity contribution in [1.29, 1.82) is 0 Å². The number of nitrogens with one attached hydrogen (secondary N) is 3. The lowest BCUT2D eigenvalue weighted by Crippen LogP contribution is -2.41. The minimum atomic E-state index is -3.51. The number of rotatable bonds is 10. The first kappa shape index (κ1) is 21.4. The second-order valence-electron chi connectivity index (χ2n) is 5.70. The summed E-state index contributed by atoms with van der Waals surface area (Å²) in [5.41, 5.74) is 1.65. The Morgan fingerprint density at radius 2 is 1.96 bits per heavy atom. The van der Waals surface area contributed by atoms with Crippen molar-refractivity contribution in [1.82, 2.24) is 15.4 Å². The van der Waals surface area contributed by atoms with Gasteiger partial charge in [-0.3, -0.25) is 4.99 Å². The number of benzene rings is 1. The molecule has 0 amide bonds. The predicted octanol–water partition coefficient (Wildman–Crippen LogP) is 1.17. The highest BCUT2D eigenvalue weighted by molar-refractivity contribution is 7.89. The first-order valence-electron chi connectivity index (χ1n) is 8.48.